The van der Waals surface area contributed by atoms with Crippen molar-refractivity contribution in [3.05, 3.63) is 45.0 Å². The number of aromatic nitrogens is 1. The molecule has 0 aliphatic rings. The fourth-order valence-electron chi connectivity index (χ4n) is 1.47. The molecule has 0 bridgehead atoms. The highest BCUT2D eigenvalue weighted by Crippen LogP contribution is 2.27. The Hall–Kier alpha value is -2.48. The van der Waals surface area contributed by atoms with Crippen LogP contribution in [0.25, 0.3) is 0 Å². The summed E-state index contributed by atoms with van der Waals surface area (Å²) in [6, 6.07) is 5.92. The Labute approximate surface area is 111 Å². The number of anilines is 2. The lowest BCUT2D eigenvalue weighted by molar-refractivity contribution is -0.384. The predicted molar refractivity (Wildman–Crippen MR) is 70.2 cm³/mol. The molecule has 19 heavy (non-hydrogen) atoms. The molecule has 0 saturated carbocycles. The van der Waals surface area contributed by atoms with Crippen molar-refractivity contribution in [2.24, 2.45) is 0 Å². The minimum atomic E-state index is -1.04. The van der Waals surface area contributed by atoms with E-state index in [1.165, 1.54) is 12.1 Å². The lowest BCUT2D eigenvalue weighted by Crippen LogP contribution is -1.94. The zero-order valence-electron chi connectivity index (χ0n) is 9.78. The maximum Gasteiger partial charge on any atom is 0.347 e. The number of carboxylic acid groups (broad SMARTS) is 1. The Morgan fingerprint density at radius 1 is 1.53 bits per heavy atom. The van der Waals surface area contributed by atoms with Gasteiger partial charge in [0.2, 0.25) is 0 Å². The maximum absolute atomic E-state index is 10.9. The van der Waals surface area contributed by atoms with E-state index in [-0.39, 0.29) is 10.6 Å². The van der Waals surface area contributed by atoms with Crippen molar-refractivity contribution < 1.29 is 14.8 Å². The highest BCUT2D eigenvalue weighted by molar-refractivity contribution is 7.17. The van der Waals surface area contributed by atoms with E-state index in [9.17, 15) is 14.9 Å². The van der Waals surface area contributed by atoms with Crippen molar-refractivity contribution in [3.8, 4) is 0 Å². The van der Waals surface area contributed by atoms with Gasteiger partial charge in [0.05, 0.1) is 10.6 Å². The number of aryl methyl sites for hydroxylation is 1. The number of rotatable bonds is 4. The molecule has 0 radical (unpaired) electrons. The summed E-state index contributed by atoms with van der Waals surface area (Å²) in [5, 5.41) is 22.8. The molecule has 0 atom stereocenters. The summed E-state index contributed by atoms with van der Waals surface area (Å²) in [6.07, 6.45) is 0. The number of hydrogen-bond acceptors (Lipinski definition) is 6. The average molecular weight is 279 g/mol. The summed E-state index contributed by atoms with van der Waals surface area (Å²) in [7, 11) is 0. The smallest absolute Gasteiger partial charge is 0.347 e. The number of non-ortho nitro benzene ring substituents is 1. The van der Waals surface area contributed by atoms with Crippen LogP contribution in [0, 0.1) is 17.0 Å². The third-order valence-electron chi connectivity index (χ3n) is 2.30. The van der Waals surface area contributed by atoms with Gasteiger partial charge in [-0.05, 0) is 13.0 Å². The maximum atomic E-state index is 10.9. The minimum Gasteiger partial charge on any atom is -0.477 e. The van der Waals surface area contributed by atoms with Gasteiger partial charge in [0, 0.05) is 17.8 Å². The van der Waals surface area contributed by atoms with E-state index >= 15 is 0 Å². The number of hydrogen-bond donors (Lipinski definition) is 2. The van der Waals surface area contributed by atoms with Gasteiger partial charge < -0.3 is 10.4 Å². The van der Waals surface area contributed by atoms with E-state index in [0.29, 0.717) is 16.5 Å². The predicted octanol–water partition coefficient (Wildman–Crippen LogP) is 2.80. The molecule has 8 heteroatoms. The molecule has 2 N–H and O–H groups in total. The molecular weight excluding hydrogens is 270 g/mol. The standard InChI is InChI=1S/C11H9N3O4S/c1-6-9(10(15)16)19-11(12-6)13-7-3-2-4-8(5-7)14(17)18/h2-5H,1H3,(H,12,13)(H,15,16). The van der Waals surface area contributed by atoms with Crippen LogP contribution < -0.4 is 5.32 Å². The first kappa shape index (κ1) is 13.0. The van der Waals surface area contributed by atoms with Crippen LogP contribution in [-0.4, -0.2) is 21.0 Å². The number of nitro benzene ring substituents is 1. The molecular formula is C11H9N3O4S. The van der Waals surface area contributed by atoms with Crippen LogP contribution in [0.3, 0.4) is 0 Å². The Morgan fingerprint density at radius 3 is 2.84 bits per heavy atom. The SMILES string of the molecule is Cc1nc(Nc2cccc([N+](=O)[O-])c2)sc1C(=O)O. The van der Waals surface area contributed by atoms with Crippen molar-refractivity contribution in [1.29, 1.82) is 0 Å². The minimum absolute atomic E-state index is 0.0447. The van der Waals surface area contributed by atoms with Crippen LogP contribution in [-0.2, 0) is 0 Å². The number of benzene rings is 1. The molecule has 0 amide bonds. The molecule has 98 valence electrons. The van der Waals surface area contributed by atoms with Gasteiger partial charge >= 0.3 is 5.97 Å². The van der Waals surface area contributed by atoms with Crippen LogP contribution in [0.4, 0.5) is 16.5 Å². The first-order valence-electron chi connectivity index (χ1n) is 5.19. The molecule has 1 heterocycles. The van der Waals surface area contributed by atoms with Gasteiger partial charge in [-0.1, -0.05) is 17.4 Å². The number of carboxylic acids is 1. The molecule has 1 aromatic carbocycles. The second kappa shape index (κ2) is 5.02. The topological polar surface area (TPSA) is 105 Å². The second-order valence-corrected chi connectivity index (χ2v) is 4.67. The molecule has 0 spiro atoms. The largest absolute Gasteiger partial charge is 0.477 e. The Bertz CT molecular complexity index is 653. The van der Waals surface area contributed by atoms with Gasteiger partial charge in [-0.3, -0.25) is 10.1 Å². The average Bonchev–Trinajstić information content (AvgIpc) is 2.70. The third-order valence-corrected chi connectivity index (χ3v) is 3.36. The first-order chi connectivity index (χ1) is 8.97. The van der Waals surface area contributed by atoms with Crippen LogP contribution in [0.15, 0.2) is 24.3 Å². The van der Waals surface area contributed by atoms with E-state index in [0.717, 1.165) is 11.3 Å². The number of nitrogens with one attached hydrogen (secondary N) is 1. The fraction of sp³-hybridized carbons (Fsp3) is 0.0909. The van der Waals surface area contributed by atoms with Crippen molar-refractivity contribution in [3.63, 3.8) is 0 Å². The van der Waals surface area contributed by atoms with Crippen LogP contribution in [0.1, 0.15) is 15.4 Å². The summed E-state index contributed by atoms with van der Waals surface area (Å²) in [6.45, 7) is 1.60. The normalized spacial score (nSPS) is 10.2. The van der Waals surface area contributed by atoms with E-state index in [2.05, 4.69) is 10.3 Å². The van der Waals surface area contributed by atoms with Gasteiger partial charge in [-0.15, -0.1) is 0 Å². The van der Waals surface area contributed by atoms with Gasteiger partial charge in [-0.25, -0.2) is 9.78 Å². The van der Waals surface area contributed by atoms with Crippen molar-refractivity contribution in [2.75, 3.05) is 5.32 Å². The summed E-state index contributed by atoms with van der Waals surface area (Å²) >= 11 is 0.985. The van der Waals surface area contributed by atoms with Gasteiger partial charge in [-0.2, -0.15) is 0 Å². The Morgan fingerprint density at radius 2 is 2.26 bits per heavy atom. The van der Waals surface area contributed by atoms with E-state index < -0.39 is 10.9 Å². The molecule has 2 rings (SSSR count). The van der Waals surface area contributed by atoms with Crippen molar-refractivity contribution >= 4 is 33.8 Å². The van der Waals surface area contributed by atoms with Gasteiger partial charge in [0.25, 0.3) is 5.69 Å². The van der Waals surface area contributed by atoms with Crippen molar-refractivity contribution in [1.82, 2.24) is 4.98 Å². The molecule has 0 fully saturated rings. The first-order valence-corrected chi connectivity index (χ1v) is 6.01. The third kappa shape index (κ3) is 2.86. The quantitative estimate of drug-likeness (QED) is 0.658. The highest BCUT2D eigenvalue weighted by Gasteiger charge is 2.14. The molecule has 0 unspecified atom stereocenters. The van der Waals surface area contributed by atoms with Crippen LogP contribution in [0.2, 0.25) is 0 Å². The fourth-order valence-corrected chi connectivity index (χ4v) is 2.29. The van der Waals surface area contributed by atoms with E-state index in [1.807, 2.05) is 0 Å². The Kier molecular flexibility index (Phi) is 3.43. The number of nitrogens with zero attached hydrogens (tertiary/aromatic N) is 2. The lowest BCUT2D eigenvalue weighted by atomic mass is 10.3. The van der Waals surface area contributed by atoms with Gasteiger partial charge in [0.1, 0.15) is 4.88 Å². The highest BCUT2D eigenvalue weighted by atomic mass is 32.1. The lowest BCUT2D eigenvalue weighted by Gasteiger charge is -2.01. The second-order valence-electron chi connectivity index (χ2n) is 3.67. The Balaban J connectivity index is 2.26. The monoisotopic (exact) mass is 279 g/mol. The van der Waals surface area contributed by atoms with E-state index in [1.54, 1.807) is 19.1 Å². The molecule has 0 aliphatic carbocycles. The summed E-state index contributed by atoms with van der Waals surface area (Å²) in [4.78, 5) is 25.2. The molecule has 7 nitrogen and oxygen atoms in total. The number of carbonyl (C=O) groups is 1. The van der Waals surface area contributed by atoms with Crippen LogP contribution >= 0.6 is 11.3 Å². The number of nitro groups is 1. The summed E-state index contributed by atoms with van der Waals surface area (Å²) in [5.41, 5.74) is 0.849. The summed E-state index contributed by atoms with van der Waals surface area (Å²) in [5.74, 6) is -1.04. The van der Waals surface area contributed by atoms with Gasteiger partial charge in [0.15, 0.2) is 5.13 Å². The summed E-state index contributed by atoms with van der Waals surface area (Å²) < 4.78 is 0. The molecule has 0 saturated heterocycles. The molecule has 1 aromatic heterocycles. The molecule has 0 aliphatic heterocycles. The van der Waals surface area contributed by atoms with Crippen molar-refractivity contribution in [2.45, 2.75) is 6.92 Å². The number of aromatic carboxylic acids is 1. The zero-order chi connectivity index (χ0) is 14.0. The zero-order valence-corrected chi connectivity index (χ0v) is 10.6. The molecule has 2 aromatic rings. The number of thiazole rings is 1. The van der Waals surface area contributed by atoms with Crippen LogP contribution in [0.5, 0.6) is 0 Å². The van der Waals surface area contributed by atoms with E-state index in [4.69, 9.17) is 5.11 Å².